The summed E-state index contributed by atoms with van der Waals surface area (Å²) in [6.45, 7) is 3.65. The van der Waals surface area contributed by atoms with E-state index < -0.39 is 6.04 Å². The van der Waals surface area contributed by atoms with Crippen molar-refractivity contribution in [1.82, 2.24) is 10.2 Å². The lowest BCUT2D eigenvalue weighted by Crippen LogP contribution is -2.52. The number of carbonyl (C=O) groups excluding carboxylic acids is 2. The third-order valence-corrected chi connectivity index (χ3v) is 6.17. The Morgan fingerprint density at radius 3 is 2.29 bits per heavy atom. The van der Waals surface area contributed by atoms with Gasteiger partial charge in [0.25, 0.3) is 5.91 Å². The number of benzene rings is 3. The van der Waals surface area contributed by atoms with E-state index in [9.17, 15) is 9.59 Å². The van der Waals surface area contributed by atoms with Gasteiger partial charge in [0.05, 0.1) is 10.0 Å². The molecule has 0 bridgehead atoms. The molecule has 1 N–H and O–H groups in total. The molecule has 0 aliphatic carbocycles. The zero-order valence-corrected chi connectivity index (χ0v) is 21.8. The van der Waals surface area contributed by atoms with Crippen molar-refractivity contribution in [2.24, 2.45) is 0 Å². The summed E-state index contributed by atoms with van der Waals surface area (Å²) in [6, 6.07) is 20.7. The molecular formula is C27H27Cl3N2O3. The van der Waals surface area contributed by atoms with Gasteiger partial charge in [-0.2, -0.15) is 0 Å². The lowest BCUT2D eigenvalue weighted by atomic mass is 10.0. The lowest BCUT2D eigenvalue weighted by molar-refractivity contribution is -0.143. The third-order valence-electron chi connectivity index (χ3n) is 5.20. The molecule has 1 atom stereocenters. The molecule has 0 saturated carbocycles. The van der Waals surface area contributed by atoms with Gasteiger partial charge in [-0.05, 0) is 55.3 Å². The summed E-state index contributed by atoms with van der Waals surface area (Å²) < 4.78 is 5.72. The smallest absolute Gasteiger partial charge is 0.261 e. The van der Waals surface area contributed by atoms with Crippen LogP contribution < -0.4 is 10.1 Å². The maximum absolute atomic E-state index is 13.5. The van der Waals surface area contributed by atoms with E-state index in [1.807, 2.05) is 44.2 Å². The summed E-state index contributed by atoms with van der Waals surface area (Å²) >= 11 is 18.3. The highest BCUT2D eigenvalue weighted by molar-refractivity contribution is 6.42. The molecule has 0 aromatic heterocycles. The first kappa shape index (κ1) is 26.9. The largest absolute Gasteiger partial charge is 0.484 e. The van der Waals surface area contributed by atoms with Crippen molar-refractivity contribution < 1.29 is 14.3 Å². The fourth-order valence-electron chi connectivity index (χ4n) is 3.55. The van der Waals surface area contributed by atoms with Crippen LogP contribution >= 0.6 is 34.8 Å². The Balaban J connectivity index is 1.93. The molecule has 0 radical (unpaired) electrons. The topological polar surface area (TPSA) is 58.6 Å². The predicted molar refractivity (Wildman–Crippen MR) is 141 cm³/mol. The summed E-state index contributed by atoms with van der Waals surface area (Å²) in [5, 5.41) is 4.23. The molecule has 0 aliphatic heterocycles. The third kappa shape index (κ3) is 8.17. The molecule has 184 valence electrons. The van der Waals surface area contributed by atoms with Gasteiger partial charge in [-0.1, -0.05) is 77.3 Å². The maximum atomic E-state index is 13.5. The lowest BCUT2D eigenvalue weighted by Gasteiger charge is -2.32. The van der Waals surface area contributed by atoms with Crippen LogP contribution in [0.4, 0.5) is 0 Å². The number of halogens is 3. The molecular weight excluding hydrogens is 507 g/mol. The maximum Gasteiger partial charge on any atom is 0.261 e. The molecule has 0 fully saturated rings. The first-order chi connectivity index (χ1) is 16.7. The van der Waals surface area contributed by atoms with Gasteiger partial charge in [0.2, 0.25) is 5.91 Å². The van der Waals surface area contributed by atoms with E-state index in [2.05, 4.69) is 5.32 Å². The van der Waals surface area contributed by atoms with Gasteiger partial charge >= 0.3 is 0 Å². The fraction of sp³-hybridized carbons (Fsp3) is 0.259. The van der Waals surface area contributed by atoms with Crippen LogP contribution in [0, 0.1) is 0 Å². The highest BCUT2D eigenvalue weighted by Crippen LogP contribution is 2.25. The molecule has 0 unspecified atom stereocenters. The molecule has 0 spiro atoms. The predicted octanol–water partition coefficient (Wildman–Crippen LogP) is 6.19. The van der Waals surface area contributed by atoms with Gasteiger partial charge in [0.15, 0.2) is 6.61 Å². The van der Waals surface area contributed by atoms with Crippen LogP contribution in [0.2, 0.25) is 15.1 Å². The Kier molecular flexibility index (Phi) is 9.84. The number of rotatable bonds is 10. The first-order valence-electron chi connectivity index (χ1n) is 11.2. The van der Waals surface area contributed by atoms with E-state index in [1.165, 1.54) is 4.90 Å². The molecule has 2 amide bonds. The Morgan fingerprint density at radius 2 is 1.63 bits per heavy atom. The SMILES string of the molecule is CC(C)NC(=O)[C@@H](Cc1ccccc1)N(Cc1ccc(Cl)c(Cl)c1)C(=O)COc1cccc(Cl)c1. The zero-order chi connectivity index (χ0) is 25.4. The Hall–Kier alpha value is -2.73. The van der Waals surface area contributed by atoms with Gasteiger partial charge in [-0.3, -0.25) is 9.59 Å². The minimum absolute atomic E-state index is 0.0922. The molecule has 35 heavy (non-hydrogen) atoms. The minimum atomic E-state index is -0.773. The Bertz CT molecular complexity index is 1160. The van der Waals surface area contributed by atoms with E-state index in [1.54, 1.807) is 42.5 Å². The van der Waals surface area contributed by atoms with Crippen molar-refractivity contribution in [2.75, 3.05) is 6.61 Å². The van der Waals surface area contributed by atoms with Crippen LogP contribution in [0.3, 0.4) is 0 Å². The monoisotopic (exact) mass is 532 g/mol. The van der Waals surface area contributed by atoms with Crippen LogP contribution in [-0.2, 0) is 22.6 Å². The number of hydrogen-bond donors (Lipinski definition) is 1. The molecule has 8 heteroatoms. The van der Waals surface area contributed by atoms with Crippen LogP contribution in [-0.4, -0.2) is 35.4 Å². The van der Waals surface area contributed by atoms with Crippen molar-refractivity contribution in [3.8, 4) is 5.75 Å². The number of hydrogen-bond acceptors (Lipinski definition) is 3. The second-order valence-electron chi connectivity index (χ2n) is 8.38. The number of nitrogens with one attached hydrogen (secondary N) is 1. The van der Waals surface area contributed by atoms with Gasteiger partial charge in [-0.25, -0.2) is 0 Å². The number of nitrogens with zero attached hydrogens (tertiary/aromatic N) is 1. The summed E-state index contributed by atoms with van der Waals surface area (Å²) in [7, 11) is 0. The van der Waals surface area contributed by atoms with Gasteiger partial charge < -0.3 is 15.0 Å². The average molecular weight is 534 g/mol. The van der Waals surface area contributed by atoms with Crippen LogP contribution in [0.15, 0.2) is 72.8 Å². The molecule has 5 nitrogen and oxygen atoms in total. The normalized spacial score (nSPS) is 11.7. The Labute approximate surface area is 220 Å². The summed E-state index contributed by atoms with van der Waals surface area (Å²) in [4.78, 5) is 28.4. The van der Waals surface area contributed by atoms with Gasteiger partial charge in [0, 0.05) is 24.0 Å². The van der Waals surface area contributed by atoms with Crippen molar-refractivity contribution in [3.63, 3.8) is 0 Å². The first-order valence-corrected chi connectivity index (χ1v) is 12.3. The molecule has 3 rings (SSSR count). The van der Waals surface area contributed by atoms with Crippen molar-refractivity contribution in [2.45, 2.75) is 38.9 Å². The van der Waals surface area contributed by atoms with Crippen LogP contribution in [0.25, 0.3) is 0 Å². The number of carbonyl (C=O) groups is 2. The summed E-state index contributed by atoms with van der Waals surface area (Å²) in [5.74, 6) is -0.137. The summed E-state index contributed by atoms with van der Waals surface area (Å²) in [5.41, 5.74) is 1.67. The van der Waals surface area contributed by atoms with Gasteiger partial charge in [-0.15, -0.1) is 0 Å². The zero-order valence-electron chi connectivity index (χ0n) is 19.5. The van der Waals surface area contributed by atoms with E-state index in [-0.39, 0.29) is 31.0 Å². The van der Waals surface area contributed by atoms with Crippen molar-refractivity contribution >= 4 is 46.6 Å². The molecule has 0 saturated heterocycles. The second kappa shape index (κ2) is 12.8. The number of ether oxygens (including phenoxy) is 1. The fourth-order valence-corrected chi connectivity index (χ4v) is 4.06. The second-order valence-corrected chi connectivity index (χ2v) is 9.64. The van der Waals surface area contributed by atoms with E-state index in [0.29, 0.717) is 27.2 Å². The average Bonchev–Trinajstić information content (AvgIpc) is 2.82. The van der Waals surface area contributed by atoms with Crippen LogP contribution in [0.5, 0.6) is 5.75 Å². The molecule has 3 aromatic carbocycles. The quantitative estimate of drug-likeness (QED) is 0.338. The minimum Gasteiger partial charge on any atom is -0.484 e. The highest BCUT2D eigenvalue weighted by Gasteiger charge is 2.31. The Morgan fingerprint density at radius 1 is 0.886 bits per heavy atom. The highest BCUT2D eigenvalue weighted by atomic mass is 35.5. The summed E-state index contributed by atoms with van der Waals surface area (Å²) in [6.07, 6.45) is 0.337. The molecule has 3 aromatic rings. The standard InChI is InChI=1S/C27H27Cl3N2O3/c1-18(2)31-27(34)25(14-19-7-4-3-5-8-19)32(16-20-11-12-23(29)24(30)13-20)26(33)17-35-22-10-6-9-21(28)15-22/h3-13,15,18,25H,14,16-17H2,1-2H3,(H,31,34)/t25-/m1/s1. The van der Waals surface area contributed by atoms with Gasteiger partial charge in [0.1, 0.15) is 11.8 Å². The molecule has 0 aliphatic rings. The van der Waals surface area contributed by atoms with E-state index in [0.717, 1.165) is 11.1 Å². The number of amides is 2. The van der Waals surface area contributed by atoms with Crippen molar-refractivity contribution in [1.29, 1.82) is 0 Å². The van der Waals surface area contributed by atoms with E-state index in [4.69, 9.17) is 39.5 Å². The van der Waals surface area contributed by atoms with E-state index >= 15 is 0 Å². The van der Waals surface area contributed by atoms with Crippen molar-refractivity contribution in [3.05, 3.63) is 99.0 Å². The molecule has 0 heterocycles. The van der Waals surface area contributed by atoms with Crippen LogP contribution in [0.1, 0.15) is 25.0 Å².